The highest BCUT2D eigenvalue weighted by molar-refractivity contribution is 5.32. The number of rotatable bonds is 3. The molecular weight excluding hydrogens is 233 g/mol. The van der Waals surface area contributed by atoms with Crippen molar-refractivity contribution in [2.24, 2.45) is 0 Å². The zero-order chi connectivity index (χ0) is 13.1. The van der Waals surface area contributed by atoms with Crippen LogP contribution in [0.1, 0.15) is 22.8 Å². The quantitative estimate of drug-likeness (QED) is 0.906. The highest BCUT2D eigenvalue weighted by atomic mass is 19.1. The van der Waals surface area contributed by atoms with Crippen molar-refractivity contribution in [3.8, 4) is 5.88 Å². The van der Waals surface area contributed by atoms with Crippen molar-refractivity contribution < 1.29 is 14.2 Å². The van der Waals surface area contributed by atoms with Crippen molar-refractivity contribution in [3.63, 3.8) is 0 Å². The summed E-state index contributed by atoms with van der Waals surface area (Å²) in [5.74, 6) is 0.147. The SMILES string of the molecule is COc1ccc(C(O)c2ccc(C)c(F)c2)cn1. The molecule has 3 nitrogen and oxygen atoms in total. The number of aliphatic hydroxyl groups excluding tert-OH is 1. The van der Waals surface area contributed by atoms with Crippen LogP contribution in [0.5, 0.6) is 5.88 Å². The molecule has 0 aliphatic heterocycles. The molecule has 0 bridgehead atoms. The van der Waals surface area contributed by atoms with Crippen LogP contribution < -0.4 is 4.74 Å². The third-order valence-electron chi connectivity index (χ3n) is 2.80. The average molecular weight is 247 g/mol. The monoisotopic (exact) mass is 247 g/mol. The highest BCUT2D eigenvalue weighted by Crippen LogP contribution is 2.23. The van der Waals surface area contributed by atoms with Gasteiger partial charge in [-0.05, 0) is 30.2 Å². The summed E-state index contributed by atoms with van der Waals surface area (Å²) < 4.78 is 18.4. The van der Waals surface area contributed by atoms with Crippen LogP contribution in [0.2, 0.25) is 0 Å². The van der Waals surface area contributed by atoms with Crippen LogP contribution in [0.25, 0.3) is 0 Å². The molecule has 2 aromatic rings. The lowest BCUT2D eigenvalue weighted by Gasteiger charge is -2.12. The Balaban J connectivity index is 2.28. The lowest BCUT2D eigenvalue weighted by Crippen LogP contribution is -2.01. The first-order valence-electron chi connectivity index (χ1n) is 5.56. The third kappa shape index (κ3) is 2.49. The first kappa shape index (κ1) is 12.5. The van der Waals surface area contributed by atoms with Crippen molar-refractivity contribution >= 4 is 0 Å². The fraction of sp³-hybridized carbons (Fsp3) is 0.214. The van der Waals surface area contributed by atoms with Gasteiger partial charge in [-0.2, -0.15) is 0 Å². The van der Waals surface area contributed by atoms with Crippen LogP contribution in [0.4, 0.5) is 4.39 Å². The molecule has 0 radical (unpaired) electrons. The fourth-order valence-corrected chi connectivity index (χ4v) is 1.65. The van der Waals surface area contributed by atoms with Crippen LogP contribution in [-0.4, -0.2) is 17.2 Å². The van der Waals surface area contributed by atoms with Crippen LogP contribution in [0.15, 0.2) is 36.5 Å². The van der Waals surface area contributed by atoms with Gasteiger partial charge in [-0.3, -0.25) is 0 Å². The molecule has 1 aromatic carbocycles. The number of aryl methyl sites for hydroxylation is 1. The average Bonchev–Trinajstić information content (AvgIpc) is 2.41. The van der Waals surface area contributed by atoms with Crippen molar-refractivity contribution in [2.45, 2.75) is 13.0 Å². The number of hydrogen-bond donors (Lipinski definition) is 1. The number of aromatic nitrogens is 1. The number of ether oxygens (including phenoxy) is 1. The standard InChI is InChI=1S/C14H14FNO2/c1-9-3-4-10(7-12(9)15)14(17)11-5-6-13(18-2)16-8-11/h3-8,14,17H,1-2H3. The number of nitrogens with zero attached hydrogens (tertiary/aromatic N) is 1. The molecule has 1 unspecified atom stereocenters. The van der Waals surface area contributed by atoms with E-state index in [1.807, 2.05) is 0 Å². The highest BCUT2D eigenvalue weighted by Gasteiger charge is 2.12. The van der Waals surface area contributed by atoms with Crippen LogP contribution in [0.3, 0.4) is 0 Å². The summed E-state index contributed by atoms with van der Waals surface area (Å²) in [7, 11) is 1.52. The van der Waals surface area contributed by atoms with E-state index in [9.17, 15) is 9.50 Å². The number of hydrogen-bond acceptors (Lipinski definition) is 3. The second-order valence-corrected chi connectivity index (χ2v) is 4.05. The Morgan fingerprint density at radius 1 is 1.22 bits per heavy atom. The lowest BCUT2D eigenvalue weighted by atomic mass is 10.0. The Bertz CT molecular complexity index is 540. The van der Waals surface area contributed by atoms with Crippen molar-refractivity contribution in [1.29, 1.82) is 0 Å². The maximum absolute atomic E-state index is 13.4. The van der Waals surface area contributed by atoms with Gasteiger partial charge in [0, 0.05) is 17.8 Å². The van der Waals surface area contributed by atoms with Gasteiger partial charge >= 0.3 is 0 Å². The van der Waals surface area contributed by atoms with Crippen LogP contribution >= 0.6 is 0 Å². The van der Waals surface area contributed by atoms with E-state index in [2.05, 4.69) is 4.98 Å². The molecular formula is C14H14FNO2. The Morgan fingerprint density at radius 3 is 2.50 bits per heavy atom. The number of aliphatic hydroxyl groups is 1. The van der Waals surface area contributed by atoms with Gasteiger partial charge in [0.05, 0.1) is 7.11 Å². The predicted molar refractivity (Wildman–Crippen MR) is 66.0 cm³/mol. The van der Waals surface area contributed by atoms with Crippen LogP contribution in [0, 0.1) is 12.7 Å². The third-order valence-corrected chi connectivity index (χ3v) is 2.80. The Kier molecular flexibility index (Phi) is 3.58. The van der Waals surface area contributed by atoms with Crippen molar-refractivity contribution in [2.75, 3.05) is 7.11 Å². The summed E-state index contributed by atoms with van der Waals surface area (Å²) >= 11 is 0. The smallest absolute Gasteiger partial charge is 0.212 e. The normalized spacial score (nSPS) is 12.2. The molecule has 18 heavy (non-hydrogen) atoms. The molecule has 94 valence electrons. The predicted octanol–water partition coefficient (Wildman–Crippen LogP) is 2.62. The number of benzene rings is 1. The van der Waals surface area contributed by atoms with Gasteiger partial charge < -0.3 is 9.84 Å². The maximum atomic E-state index is 13.4. The van der Waals surface area contributed by atoms with Crippen molar-refractivity contribution in [1.82, 2.24) is 4.98 Å². The van der Waals surface area contributed by atoms with Gasteiger partial charge in [0.25, 0.3) is 0 Å². The van der Waals surface area contributed by atoms with Gasteiger partial charge in [-0.1, -0.05) is 12.1 Å². The van der Waals surface area contributed by atoms with Gasteiger partial charge in [-0.15, -0.1) is 0 Å². The first-order chi connectivity index (χ1) is 8.61. The molecule has 1 N–H and O–H groups in total. The first-order valence-corrected chi connectivity index (χ1v) is 5.56. The molecule has 0 fully saturated rings. The molecule has 0 saturated carbocycles. The van der Waals surface area contributed by atoms with E-state index in [-0.39, 0.29) is 5.82 Å². The van der Waals surface area contributed by atoms with Crippen molar-refractivity contribution in [3.05, 3.63) is 59.0 Å². The zero-order valence-electron chi connectivity index (χ0n) is 10.2. The van der Waals surface area contributed by atoms with Gasteiger partial charge in [0.1, 0.15) is 11.9 Å². The molecule has 1 heterocycles. The summed E-state index contributed by atoms with van der Waals surface area (Å²) in [5, 5.41) is 10.1. The zero-order valence-corrected chi connectivity index (χ0v) is 10.2. The molecule has 1 atom stereocenters. The maximum Gasteiger partial charge on any atom is 0.212 e. The molecule has 0 spiro atoms. The van der Waals surface area contributed by atoms with E-state index in [0.29, 0.717) is 22.6 Å². The fourth-order valence-electron chi connectivity index (χ4n) is 1.65. The Labute approximate surface area is 105 Å². The molecule has 0 aliphatic rings. The Morgan fingerprint density at radius 2 is 1.94 bits per heavy atom. The minimum absolute atomic E-state index is 0.326. The summed E-state index contributed by atoms with van der Waals surface area (Å²) in [6, 6.07) is 8.04. The number of methoxy groups -OCH3 is 1. The summed E-state index contributed by atoms with van der Waals surface area (Å²) in [5.41, 5.74) is 1.66. The minimum atomic E-state index is -0.890. The molecule has 2 rings (SSSR count). The largest absolute Gasteiger partial charge is 0.481 e. The van der Waals surface area contributed by atoms with Gasteiger partial charge in [0.2, 0.25) is 5.88 Å². The van der Waals surface area contributed by atoms with Crippen LogP contribution in [-0.2, 0) is 0 Å². The molecule has 1 aromatic heterocycles. The van der Waals surface area contributed by atoms with Gasteiger partial charge in [0.15, 0.2) is 0 Å². The van der Waals surface area contributed by atoms with E-state index in [1.165, 1.54) is 19.4 Å². The minimum Gasteiger partial charge on any atom is -0.481 e. The second kappa shape index (κ2) is 5.14. The molecule has 0 amide bonds. The van der Waals surface area contributed by atoms with E-state index in [0.717, 1.165) is 0 Å². The molecule has 0 aliphatic carbocycles. The number of pyridine rings is 1. The lowest BCUT2D eigenvalue weighted by molar-refractivity contribution is 0.219. The summed E-state index contributed by atoms with van der Waals surface area (Å²) in [4.78, 5) is 4.01. The van der Waals surface area contributed by atoms with E-state index in [1.54, 1.807) is 31.2 Å². The van der Waals surface area contributed by atoms with E-state index < -0.39 is 6.10 Å². The second-order valence-electron chi connectivity index (χ2n) is 4.05. The Hall–Kier alpha value is -1.94. The summed E-state index contributed by atoms with van der Waals surface area (Å²) in [6.45, 7) is 1.68. The number of halogens is 1. The van der Waals surface area contributed by atoms with E-state index in [4.69, 9.17) is 4.74 Å². The van der Waals surface area contributed by atoms with Gasteiger partial charge in [-0.25, -0.2) is 9.37 Å². The summed E-state index contributed by atoms with van der Waals surface area (Å²) in [6.07, 6.45) is 0.625. The topological polar surface area (TPSA) is 42.4 Å². The molecule has 0 saturated heterocycles. The van der Waals surface area contributed by atoms with E-state index >= 15 is 0 Å². The molecule has 4 heteroatoms.